The van der Waals surface area contributed by atoms with Gasteiger partial charge < -0.3 is 33.9 Å². The molecule has 0 spiro atoms. The molecule has 3 saturated heterocycles. The minimum absolute atomic E-state index is 0.0656. The number of aliphatic hydroxyl groups is 1. The highest BCUT2D eigenvalue weighted by Crippen LogP contribution is 2.39. The predicted octanol–water partition coefficient (Wildman–Crippen LogP) is 3.83. The number of carbonyl (C=O) groups excluding carboxylic acids is 2. The van der Waals surface area contributed by atoms with Gasteiger partial charge in [0.1, 0.15) is 18.1 Å². The zero-order valence-corrected chi connectivity index (χ0v) is 30.4. The van der Waals surface area contributed by atoms with Gasteiger partial charge in [-0.1, -0.05) is 20.8 Å². The van der Waals surface area contributed by atoms with E-state index in [1.807, 2.05) is 32.8 Å². The van der Waals surface area contributed by atoms with Crippen molar-refractivity contribution in [2.24, 2.45) is 23.2 Å². The molecule has 3 aliphatic rings. The van der Waals surface area contributed by atoms with Crippen molar-refractivity contribution >= 4 is 11.8 Å². The summed E-state index contributed by atoms with van der Waals surface area (Å²) in [6.45, 7) is 21.9. The number of ketones is 1. The van der Waals surface area contributed by atoms with Gasteiger partial charge in [0.2, 0.25) is 0 Å². The zero-order chi connectivity index (χ0) is 33.9. The second-order valence-electron chi connectivity index (χ2n) is 15.5. The Morgan fingerprint density at radius 3 is 2.24 bits per heavy atom. The number of likely N-dealkylation sites (tertiary alicyclic amines) is 1. The van der Waals surface area contributed by atoms with Gasteiger partial charge in [-0.2, -0.15) is 0 Å². The lowest BCUT2D eigenvalue weighted by Crippen LogP contribution is -2.59. The number of piperidine rings is 1. The molecule has 0 amide bonds. The molecule has 3 heterocycles. The van der Waals surface area contributed by atoms with Crippen molar-refractivity contribution in [3.63, 3.8) is 0 Å². The number of rotatable bonds is 7. The molecule has 45 heavy (non-hydrogen) atoms. The Hall–Kier alpha value is -1.14. The van der Waals surface area contributed by atoms with E-state index in [2.05, 4.69) is 37.5 Å². The molecule has 0 radical (unpaired) electrons. The molecule has 10 heteroatoms. The van der Waals surface area contributed by atoms with Gasteiger partial charge in [-0.25, -0.2) is 0 Å². The molecule has 3 fully saturated rings. The van der Waals surface area contributed by atoms with E-state index in [9.17, 15) is 14.7 Å². The number of nitrogens with zero attached hydrogens (tertiary/aromatic N) is 3. The van der Waals surface area contributed by atoms with Crippen LogP contribution in [0.3, 0.4) is 0 Å². The first-order valence-corrected chi connectivity index (χ1v) is 17.4. The number of aliphatic hydroxyl groups excluding tert-OH is 1. The number of cyclic esters (lactones) is 1. The maximum atomic E-state index is 14.3. The van der Waals surface area contributed by atoms with Crippen molar-refractivity contribution in [1.82, 2.24) is 14.7 Å². The van der Waals surface area contributed by atoms with Crippen molar-refractivity contribution in [3.05, 3.63) is 0 Å². The second kappa shape index (κ2) is 15.8. The number of Topliss-reactive ketones (excluding diaryl/α,β-unsaturated/α-hetero) is 1. The predicted molar refractivity (Wildman–Crippen MR) is 176 cm³/mol. The Balaban J connectivity index is 1.99. The summed E-state index contributed by atoms with van der Waals surface area (Å²) in [6, 6.07) is 0.413. The minimum atomic E-state index is -1.40. The third kappa shape index (κ3) is 8.86. The van der Waals surface area contributed by atoms with Crippen molar-refractivity contribution in [3.8, 4) is 0 Å². The largest absolute Gasteiger partial charge is 0.463 e. The van der Waals surface area contributed by atoms with Crippen LogP contribution in [0.4, 0.5) is 0 Å². The lowest BCUT2D eigenvalue weighted by Gasteiger charge is -2.47. The van der Waals surface area contributed by atoms with Gasteiger partial charge in [-0.15, -0.1) is 0 Å². The number of likely N-dealkylation sites (N-methyl/N-ethyl adjacent to an activating group) is 2. The van der Waals surface area contributed by atoms with E-state index in [0.29, 0.717) is 24.8 Å². The van der Waals surface area contributed by atoms with Crippen LogP contribution in [0.25, 0.3) is 0 Å². The molecule has 3 aliphatic heterocycles. The minimum Gasteiger partial charge on any atom is -0.463 e. The van der Waals surface area contributed by atoms with E-state index >= 15 is 0 Å². The fraction of sp³-hybridized carbons (Fsp3) is 0.943. The SMILES string of the molecule is CCN1C[C@H](C)C[C@@](C)(OC)[C@H](O[C@@H]2O[C@H](C)C[C@H](N(C)C)[C@H]2O)[C@@H](C)C(=O)C(C)(C)C(=O)OC[C@H]1C1CCN(C(C)C)CC1. The molecule has 0 saturated carbocycles. The third-order valence-corrected chi connectivity index (χ3v) is 11.0. The molecule has 3 rings (SSSR count). The summed E-state index contributed by atoms with van der Waals surface area (Å²) in [7, 11) is 5.52. The Labute approximate surface area is 273 Å². The highest BCUT2D eigenvalue weighted by Gasteiger charge is 2.51. The van der Waals surface area contributed by atoms with E-state index in [4.69, 9.17) is 18.9 Å². The van der Waals surface area contributed by atoms with Gasteiger partial charge in [0.25, 0.3) is 0 Å². The molecule has 1 N–H and O–H groups in total. The summed E-state index contributed by atoms with van der Waals surface area (Å²) in [4.78, 5) is 35.0. The summed E-state index contributed by atoms with van der Waals surface area (Å²) in [6.07, 6.45) is 0.570. The molecule has 0 bridgehead atoms. The Kier molecular flexibility index (Phi) is 13.5. The summed E-state index contributed by atoms with van der Waals surface area (Å²) in [5, 5.41) is 11.4. The molecule has 10 nitrogen and oxygen atoms in total. The highest BCUT2D eigenvalue weighted by molar-refractivity contribution is 6.04. The van der Waals surface area contributed by atoms with Crippen LogP contribution < -0.4 is 0 Å². The van der Waals surface area contributed by atoms with Crippen molar-refractivity contribution in [1.29, 1.82) is 0 Å². The average Bonchev–Trinajstić information content (AvgIpc) is 2.99. The van der Waals surface area contributed by atoms with Crippen molar-refractivity contribution in [2.75, 3.05) is 54.0 Å². The first-order chi connectivity index (χ1) is 21.0. The normalized spacial score (nSPS) is 38.9. The summed E-state index contributed by atoms with van der Waals surface area (Å²) < 4.78 is 25.2. The molecule has 0 aromatic heterocycles. The van der Waals surface area contributed by atoms with Crippen LogP contribution in [0, 0.1) is 23.2 Å². The molecule has 9 atom stereocenters. The number of esters is 1. The summed E-state index contributed by atoms with van der Waals surface area (Å²) in [5.74, 6) is -0.958. The topological polar surface area (TPSA) is 101 Å². The van der Waals surface area contributed by atoms with E-state index in [0.717, 1.165) is 39.0 Å². The summed E-state index contributed by atoms with van der Waals surface area (Å²) in [5.41, 5.74) is -2.30. The molecular formula is C35H65N3O7. The van der Waals surface area contributed by atoms with Crippen molar-refractivity contribution < 1.29 is 33.6 Å². The number of carbonyl (C=O) groups is 2. The van der Waals surface area contributed by atoms with Crippen molar-refractivity contribution in [2.45, 2.75) is 136 Å². The first kappa shape index (κ1) is 38.3. The van der Waals surface area contributed by atoms with Crippen LogP contribution in [-0.4, -0.2) is 134 Å². The number of hydrogen-bond donors (Lipinski definition) is 1. The third-order valence-electron chi connectivity index (χ3n) is 11.0. The quantitative estimate of drug-likeness (QED) is 0.327. The van der Waals surface area contributed by atoms with Crippen LogP contribution in [-0.2, 0) is 28.5 Å². The maximum Gasteiger partial charge on any atom is 0.319 e. The Morgan fingerprint density at radius 1 is 1.09 bits per heavy atom. The standard InChI is InChI=1S/C35H65N3O7/c1-13-37-20-23(4)19-35(9,42-12)31(45-32-29(39)27(36(10)11)18-24(5)44-32)25(6)30(40)34(7,8)33(41)43-21-28(37)26-14-16-38(17-15-26)22(2)3/h22-29,31-32,39H,13-21H2,1-12H3/t23-,24-,25+,27+,28+,29-,31-,32+,35-/m1/s1. The van der Waals surface area contributed by atoms with E-state index < -0.39 is 41.4 Å². The van der Waals surface area contributed by atoms with Crippen LogP contribution in [0.5, 0.6) is 0 Å². The molecule has 0 aliphatic carbocycles. The number of ether oxygens (including phenoxy) is 4. The molecule has 262 valence electrons. The molecule has 0 aromatic rings. The lowest BCUT2D eigenvalue weighted by atomic mass is 9.74. The zero-order valence-electron chi connectivity index (χ0n) is 30.4. The molecule has 0 unspecified atom stereocenters. The maximum absolute atomic E-state index is 14.3. The fourth-order valence-corrected chi connectivity index (χ4v) is 8.07. The van der Waals surface area contributed by atoms with Gasteiger partial charge in [0.05, 0.1) is 17.8 Å². The van der Waals surface area contributed by atoms with Gasteiger partial charge in [0.15, 0.2) is 12.1 Å². The lowest BCUT2D eigenvalue weighted by molar-refractivity contribution is -0.295. The number of methoxy groups -OCH3 is 1. The van der Waals surface area contributed by atoms with Crippen LogP contribution >= 0.6 is 0 Å². The summed E-state index contributed by atoms with van der Waals surface area (Å²) >= 11 is 0. The highest BCUT2D eigenvalue weighted by atomic mass is 16.7. The van der Waals surface area contributed by atoms with Crippen LogP contribution in [0.2, 0.25) is 0 Å². The van der Waals surface area contributed by atoms with Gasteiger partial charge in [-0.3, -0.25) is 14.5 Å². The van der Waals surface area contributed by atoms with Crippen LogP contribution in [0.1, 0.15) is 88.0 Å². The molecular weight excluding hydrogens is 574 g/mol. The van der Waals surface area contributed by atoms with Gasteiger partial charge in [0, 0.05) is 37.7 Å². The first-order valence-electron chi connectivity index (χ1n) is 17.4. The Morgan fingerprint density at radius 2 is 1.71 bits per heavy atom. The fourth-order valence-electron chi connectivity index (χ4n) is 8.07. The number of hydrogen-bond acceptors (Lipinski definition) is 10. The Bertz CT molecular complexity index is 969. The van der Waals surface area contributed by atoms with E-state index in [1.165, 1.54) is 0 Å². The van der Waals surface area contributed by atoms with Gasteiger partial charge in [-0.05, 0) is 113 Å². The van der Waals surface area contributed by atoms with E-state index in [-0.39, 0.29) is 36.5 Å². The monoisotopic (exact) mass is 639 g/mol. The average molecular weight is 640 g/mol. The molecule has 0 aromatic carbocycles. The van der Waals surface area contributed by atoms with E-state index in [1.54, 1.807) is 27.9 Å². The van der Waals surface area contributed by atoms with Gasteiger partial charge >= 0.3 is 5.97 Å². The van der Waals surface area contributed by atoms with Crippen LogP contribution in [0.15, 0.2) is 0 Å². The second-order valence-corrected chi connectivity index (χ2v) is 15.5. The smallest absolute Gasteiger partial charge is 0.319 e.